The Labute approximate surface area is 539 Å². The van der Waals surface area contributed by atoms with Gasteiger partial charge in [-0.15, -0.1) is 0 Å². The predicted octanol–water partition coefficient (Wildman–Crippen LogP) is 26.0. The lowest BCUT2D eigenvalue weighted by Gasteiger charge is -2.20. The second-order valence-corrected chi connectivity index (χ2v) is 27.4. The van der Waals surface area contributed by atoms with Crippen molar-refractivity contribution in [1.29, 1.82) is 0 Å². The van der Waals surface area contributed by atoms with Crippen LogP contribution in [-0.2, 0) is 14.3 Å². The van der Waals surface area contributed by atoms with E-state index in [0.29, 0.717) is 19.4 Å². The Morgan fingerprint density at radius 1 is 0.314 bits per heavy atom. The molecule has 1 amide bonds. The number of aliphatic hydroxyl groups is 2. The van der Waals surface area contributed by atoms with Crippen molar-refractivity contribution in [3.8, 4) is 0 Å². The summed E-state index contributed by atoms with van der Waals surface area (Å²) < 4.78 is 5.50. The fraction of sp³-hybridized carbons (Fsp3) is 0.925. The number of rotatable bonds is 75. The van der Waals surface area contributed by atoms with E-state index in [1.807, 2.05) is 6.08 Å². The predicted molar refractivity (Wildman–Crippen MR) is 380 cm³/mol. The van der Waals surface area contributed by atoms with E-state index in [2.05, 4.69) is 31.3 Å². The highest BCUT2D eigenvalue weighted by Gasteiger charge is 2.18. The molecule has 510 valence electrons. The summed E-state index contributed by atoms with van der Waals surface area (Å²) in [7, 11) is 0. The molecular weight excluding hydrogens is 1050 g/mol. The molecule has 3 N–H and O–H groups in total. The average Bonchev–Trinajstić information content (AvgIpc) is 3.52. The highest BCUT2D eigenvalue weighted by Crippen LogP contribution is 2.20. The number of unbranched alkanes of at least 4 members (excludes halogenated alkanes) is 62. The maximum atomic E-state index is 12.6. The zero-order valence-corrected chi connectivity index (χ0v) is 58.6. The van der Waals surface area contributed by atoms with Crippen LogP contribution in [0.25, 0.3) is 0 Å². The molecule has 0 rings (SSSR count). The van der Waals surface area contributed by atoms with Crippen LogP contribution in [0.5, 0.6) is 0 Å². The lowest BCUT2D eigenvalue weighted by molar-refractivity contribution is -0.143. The molecule has 0 aromatic carbocycles. The Kier molecular flexibility index (Phi) is 74.3. The van der Waals surface area contributed by atoms with Gasteiger partial charge in [0.05, 0.1) is 25.4 Å². The lowest BCUT2D eigenvalue weighted by atomic mass is 10.0. The van der Waals surface area contributed by atoms with Gasteiger partial charge in [-0.3, -0.25) is 9.59 Å². The lowest BCUT2D eigenvalue weighted by Crippen LogP contribution is -2.45. The minimum Gasteiger partial charge on any atom is -0.466 e. The summed E-state index contributed by atoms with van der Waals surface area (Å²) >= 11 is 0. The van der Waals surface area contributed by atoms with E-state index in [1.165, 1.54) is 385 Å². The van der Waals surface area contributed by atoms with Crippen LogP contribution in [0.15, 0.2) is 24.3 Å². The topological polar surface area (TPSA) is 95.9 Å². The first-order valence-electron chi connectivity index (χ1n) is 39.6. The van der Waals surface area contributed by atoms with Gasteiger partial charge in [-0.1, -0.05) is 404 Å². The Morgan fingerprint density at radius 3 is 0.826 bits per heavy atom. The molecule has 0 aliphatic carbocycles. The molecule has 0 saturated carbocycles. The van der Waals surface area contributed by atoms with Crippen molar-refractivity contribution in [3.63, 3.8) is 0 Å². The maximum Gasteiger partial charge on any atom is 0.305 e. The number of hydrogen-bond acceptors (Lipinski definition) is 5. The molecule has 2 atom stereocenters. The molecule has 6 nitrogen and oxygen atoms in total. The monoisotopic (exact) mass is 1210 g/mol. The summed E-state index contributed by atoms with van der Waals surface area (Å²) in [6, 6.07) is -0.629. The quantitative estimate of drug-likeness (QED) is 0.0320. The molecule has 86 heavy (non-hydrogen) atoms. The van der Waals surface area contributed by atoms with Crippen LogP contribution >= 0.6 is 0 Å². The maximum absolute atomic E-state index is 12.6. The smallest absolute Gasteiger partial charge is 0.305 e. The van der Waals surface area contributed by atoms with Crippen LogP contribution in [0, 0.1) is 0 Å². The molecule has 0 bridgehead atoms. The molecule has 2 unspecified atom stereocenters. The molecular formula is C80H155NO5. The molecule has 0 heterocycles. The molecule has 0 aliphatic rings. The number of nitrogens with one attached hydrogen (secondary N) is 1. The van der Waals surface area contributed by atoms with E-state index in [-0.39, 0.29) is 18.5 Å². The van der Waals surface area contributed by atoms with Gasteiger partial charge >= 0.3 is 5.97 Å². The van der Waals surface area contributed by atoms with Crippen molar-refractivity contribution in [3.05, 3.63) is 24.3 Å². The zero-order valence-electron chi connectivity index (χ0n) is 58.6. The molecule has 0 saturated heterocycles. The van der Waals surface area contributed by atoms with Gasteiger partial charge in [0.2, 0.25) is 5.91 Å². The van der Waals surface area contributed by atoms with E-state index in [0.717, 1.165) is 38.5 Å². The number of carbonyl (C=O) groups excluding carboxylic acids is 2. The summed E-state index contributed by atoms with van der Waals surface area (Å²) in [4.78, 5) is 24.6. The van der Waals surface area contributed by atoms with Gasteiger partial charge in [-0.2, -0.15) is 0 Å². The highest BCUT2D eigenvalue weighted by atomic mass is 16.5. The third kappa shape index (κ3) is 71.4. The molecule has 0 fully saturated rings. The Balaban J connectivity index is 3.39. The first kappa shape index (κ1) is 84.3. The van der Waals surface area contributed by atoms with Crippen LogP contribution in [0.3, 0.4) is 0 Å². The largest absolute Gasteiger partial charge is 0.466 e. The normalized spacial score (nSPS) is 12.6. The van der Waals surface area contributed by atoms with Gasteiger partial charge in [-0.25, -0.2) is 0 Å². The summed E-state index contributed by atoms with van der Waals surface area (Å²) in [6.45, 7) is 4.96. The second kappa shape index (κ2) is 75.8. The summed E-state index contributed by atoms with van der Waals surface area (Å²) in [5, 5.41) is 23.3. The SMILES string of the molecule is CCCCCCCCCCCCCCCCCCCCCCCCC/C=C/C(O)C(CO)NC(=O)CCCCCCCCCCCCCCC/C=C\CCCCCCCCCCCCCCOC(=O)CCCCCCCCCCCCCCCCC. The van der Waals surface area contributed by atoms with E-state index in [4.69, 9.17) is 4.74 Å². The molecule has 0 radical (unpaired) electrons. The molecule has 0 aliphatic heterocycles. The van der Waals surface area contributed by atoms with Gasteiger partial charge in [0.1, 0.15) is 0 Å². The van der Waals surface area contributed by atoms with Gasteiger partial charge in [-0.05, 0) is 57.8 Å². The van der Waals surface area contributed by atoms with Crippen molar-refractivity contribution in [2.75, 3.05) is 13.2 Å². The fourth-order valence-electron chi connectivity index (χ4n) is 12.7. The van der Waals surface area contributed by atoms with Crippen LogP contribution in [0.1, 0.15) is 450 Å². The number of carbonyl (C=O) groups is 2. The van der Waals surface area contributed by atoms with Crippen LogP contribution in [0.4, 0.5) is 0 Å². The summed E-state index contributed by atoms with van der Waals surface area (Å²) in [5.41, 5.74) is 0. The number of hydrogen-bond donors (Lipinski definition) is 3. The second-order valence-electron chi connectivity index (χ2n) is 27.4. The minimum atomic E-state index is -0.845. The van der Waals surface area contributed by atoms with Crippen LogP contribution in [0.2, 0.25) is 0 Å². The van der Waals surface area contributed by atoms with Gasteiger partial charge in [0, 0.05) is 12.8 Å². The van der Waals surface area contributed by atoms with E-state index >= 15 is 0 Å². The molecule has 6 heteroatoms. The van der Waals surface area contributed by atoms with Crippen molar-refractivity contribution < 1.29 is 24.5 Å². The number of esters is 1. The molecule has 0 spiro atoms. The van der Waals surface area contributed by atoms with Gasteiger partial charge in [0.25, 0.3) is 0 Å². The molecule has 0 aromatic heterocycles. The Hall–Kier alpha value is -1.66. The van der Waals surface area contributed by atoms with E-state index < -0.39 is 12.1 Å². The Bertz CT molecular complexity index is 1350. The average molecular weight is 1210 g/mol. The first-order valence-corrected chi connectivity index (χ1v) is 39.6. The Morgan fingerprint density at radius 2 is 0.547 bits per heavy atom. The standard InChI is InChI=1S/C80H155NO5/c1-3-5-7-9-11-13-15-17-19-20-21-22-23-29-32-35-38-41-45-48-52-56-60-64-68-72-78(83)77(76-82)81-79(84)73-69-65-61-57-53-49-46-42-39-36-33-30-27-25-24-26-28-31-34-37-40-43-47-51-55-59-63-67-71-75-86-80(85)74-70-66-62-58-54-50-44-18-16-14-12-10-8-6-4-2/h24,26,68,72,77-78,82-83H,3-23,25,27-67,69-71,73-76H2,1-2H3,(H,81,84)/b26-24-,72-68+. The zero-order chi connectivity index (χ0) is 62.0. The van der Waals surface area contributed by atoms with Gasteiger partial charge < -0.3 is 20.3 Å². The van der Waals surface area contributed by atoms with Crippen molar-refractivity contribution in [2.24, 2.45) is 0 Å². The van der Waals surface area contributed by atoms with Crippen molar-refractivity contribution in [2.45, 2.75) is 463 Å². The summed E-state index contributed by atoms with van der Waals surface area (Å²) in [6.07, 6.45) is 97.2. The number of amides is 1. The fourth-order valence-corrected chi connectivity index (χ4v) is 12.7. The van der Waals surface area contributed by atoms with Crippen LogP contribution in [-0.4, -0.2) is 47.4 Å². The van der Waals surface area contributed by atoms with Gasteiger partial charge in [0.15, 0.2) is 0 Å². The third-order valence-corrected chi connectivity index (χ3v) is 18.7. The van der Waals surface area contributed by atoms with E-state index in [1.54, 1.807) is 6.08 Å². The highest BCUT2D eigenvalue weighted by molar-refractivity contribution is 5.76. The minimum absolute atomic E-state index is 0.0202. The molecule has 0 aromatic rings. The third-order valence-electron chi connectivity index (χ3n) is 18.7. The van der Waals surface area contributed by atoms with Crippen LogP contribution < -0.4 is 5.32 Å². The van der Waals surface area contributed by atoms with Crippen molar-refractivity contribution in [1.82, 2.24) is 5.32 Å². The number of ether oxygens (including phenoxy) is 1. The summed E-state index contributed by atoms with van der Waals surface area (Å²) in [5.74, 6) is -0.0416. The van der Waals surface area contributed by atoms with Crippen molar-refractivity contribution >= 4 is 11.9 Å². The van der Waals surface area contributed by atoms with E-state index in [9.17, 15) is 19.8 Å². The number of aliphatic hydroxyl groups excluding tert-OH is 2. The first-order chi connectivity index (χ1) is 42.5. The number of allylic oxidation sites excluding steroid dienone is 3.